The normalized spacial score (nSPS) is 9.80. The molecule has 2 nitrogen and oxygen atoms in total. The molecule has 0 amide bonds. The molecule has 0 unspecified atom stereocenters. The number of ketones is 1. The van der Waals surface area contributed by atoms with Crippen molar-refractivity contribution in [2.75, 3.05) is 7.05 Å². The zero-order valence-electron chi connectivity index (χ0n) is 8.01. The molecule has 0 spiro atoms. The first-order valence-corrected chi connectivity index (χ1v) is 4.65. The highest BCUT2D eigenvalue weighted by molar-refractivity contribution is 7.80. The van der Waals surface area contributed by atoms with Gasteiger partial charge in [0, 0.05) is 7.05 Å². The Morgan fingerprint density at radius 3 is 2.40 bits per heavy atom. The lowest BCUT2D eigenvalue weighted by molar-refractivity contribution is 0.0992. The monoisotopic (exact) mass is 229 g/mol. The van der Waals surface area contributed by atoms with Crippen LogP contribution in [-0.4, -0.2) is 17.8 Å². The fraction of sp³-hybridized carbons (Fsp3) is 0.200. The van der Waals surface area contributed by atoms with E-state index in [0.717, 1.165) is 12.1 Å². The first-order chi connectivity index (χ1) is 7.06. The molecule has 15 heavy (non-hydrogen) atoms. The summed E-state index contributed by atoms with van der Waals surface area (Å²) in [6.45, 7) is 0. The number of carbonyl (C=O) groups is 1. The zero-order chi connectivity index (χ0) is 11.4. The molecular formula is C10H9F2NOS. The Morgan fingerprint density at radius 2 is 1.93 bits per heavy atom. The molecule has 0 aliphatic heterocycles. The third-order valence-corrected chi connectivity index (χ3v) is 2.19. The Kier molecular flexibility index (Phi) is 3.85. The lowest BCUT2D eigenvalue weighted by Crippen LogP contribution is -2.20. The molecule has 0 aliphatic rings. The van der Waals surface area contributed by atoms with Gasteiger partial charge in [-0.1, -0.05) is 18.3 Å². The van der Waals surface area contributed by atoms with E-state index in [1.807, 2.05) is 0 Å². The van der Waals surface area contributed by atoms with E-state index in [1.165, 1.54) is 6.07 Å². The summed E-state index contributed by atoms with van der Waals surface area (Å²) in [6, 6.07) is 3.29. The Balaban J connectivity index is 2.96. The third-order valence-electron chi connectivity index (χ3n) is 1.84. The van der Waals surface area contributed by atoms with Gasteiger partial charge in [0.25, 0.3) is 0 Å². The first-order valence-electron chi connectivity index (χ1n) is 4.24. The van der Waals surface area contributed by atoms with Crippen LogP contribution in [0.5, 0.6) is 0 Å². The van der Waals surface area contributed by atoms with Crippen LogP contribution in [0.25, 0.3) is 0 Å². The zero-order valence-corrected chi connectivity index (χ0v) is 8.83. The summed E-state index contributed by atoms with van der Waals surface area (Å²) in [6.07, 6.45) is -0.191. The molecule has 0 saturated heterocycles. The Labute approximate surface area is 91.3 Å². The van der Waals surface area contributed by atoms with Crippen molar-refractivity contribution in [3.63, 3.8) is 0 Å². The van der Waals surface area contributed by atoms with E-state index in [0.29, 0.717) is 0 Å². The van der Waals surface area contributed by atoms with Crippen LogP contribution in [0.2, 0.25) is 0 Å². The fourth-order valence-corrected chi connectivity index (χ4v) is 1.22. The van der Waals surface area contributed by atoms with Crippen molar-refractivity contribution in [1.82, 2.24) is 5.32 Å². The molecule has 1 aromatic rings. The number of halogens is 2. The number of hydrogen-bond donors (Lipinski definition) is 1. The van der Waals surface area contributed by atoms with Crippen LogP contribution in [0.4, 0.5) is 8.78 Å². The number of Topliss-reactive ketones (excluding diaryl/α,β-unsaturated/α-hetero) is 1. The summed E-state index contributed by atoms with van der Waals surface area (Å²) >= 11 is 4.74. The van der Waals surface area contributed by atoms with Gasteiger partial charge < -0.3 is 5.32 Å². The summed E-state index contributed by atoms with van der Waals surface area (Å²) < 4.78 is 26.3. The molecule has 0 aromatic heterocycles. The van der Waals surface area contributed by atoms with Gasteiger partial charge >= 0.3 is 0 Å². The van der Waals surface area contributed by atoms with Crippen LogP contribution < -0.4 is 5.32 Å². The number of hydrogen-bond acceptors (Lipinski definition) is 2. The Morgan fingerprint density at radius 1 is 1.40 bits per heavy atom. The van der Waals surface area contributed by atoms with Crippen LogP contribution >= 0.6 is 12.2 Å². The minimum atomic E-state index is -0.862. The van der Waals surface area contributed by atoms with E-state index in [2.05, 4.69) is 5.32 Å². The van der Waals surface area contributed by atoms with Crippen molar-refractivity contribution in [2.24, 2.45) is 0 Å². The highest BCUT2D eigenvalue weighted by atomic mass is 32.1. The standard InChI is InChI=1S/C10H9F2NOS/c1-13-9(15)5-8(14)10-6(11)3-2-4-7(10)12/h2-4H,5H2,1H3,(H,13,15). The molecule has 1 rings (SSSR count). The summed E-state index contributed by atoms with van der Waals surface area (Å²) in [5, 5.41) is 2.57. The number of nitrogens with one attached hydrogen (secondary N) is 1. The fourth-order valence-electron chi connectivity index (χ4n) is 1.09. The number of rotatable bonds is 3. The number of thiocarbonyl (C=S) groups is 1. The molecule has 0 bridgehead atoms. The summed E-state index contributed by atoms with van der Waals surface area (Å²) in [4.78, 5) is 11.7. The van der Waals surface area contributed by atoms with Gasteiger partial charge in [-0.3, -0.25) is 4.79 Å². The lowest BCUT2D eigenvalue weighted by atomic mass is 10.1. The molecule has 80 valence electrons. The van der Waals surface area contributed by atoms with Crippen LogP contribution in [0, 0.1) is 11.6 Å². The van der Waals surface area contributed by atoms with Crippen molar-refractivity contribution in [3.05, 3.63) is 35.4 Å². The van der Waals surface area contributed by atoms with Gasteiger partial charge in [0.05, 0.1) is 17.0 Å². The van der Waals surface area contributed by atoms with Crippen LogP contribution in [0.3, 0.4) is 0 Å². The van der Waals surface area contributed by atoms with Gasteiger partial charge in [-0.15, -0.1) is 0 Å². The molecule has 0 atom stereocenters. The van der Waals surface area contributed by atoms with E-state index in [1.54, 1.807) is 7.05 Å². The molecule has 5 heteroatoms. The van der Waals surface area contributed by atoms with E-state index in [9.17, 15) is 13.6 Å². The largest absolute Gasteiger partial charge is 0.382 e. The maximum Gasteiger partial charge on any atom is 0.175 e. The van der Waals surface area contributed by atoms with Crippen LogP contribution in [-0.2, 0) is 0 Å². The van der Waals surface area contributed by atoms with Gasteiger partial charge in [0.2, 0.25) is 0 Å². The van der Waals surface area contributed by atoms with Gasteiger partial charge in [-0.25, -0.2) is 8.78 Å². The lowest BCUT2D eigenvalue weighted by Gasteiger charge is -2.04. The molecule has 0 aliphatic carbocycles. The van der Waals surface area contributed by atoms with Crippen molar-refractivity contribution in [3.8, 4) is 0 Å². The maximum atomic E-state index is 13.1. The van der Waals surface area contributed by atoms with Gasteiger partial charge in [0.1, 0.15) is 11.6 Å². The predicted molar refractivity (Wildman–Crippen MR) is 57.0 cm³/mol. The Hall–Kier alpha value is -1.36. The number of benzene rings is 1. The predicted octanol–water partition coefficient (Wildman–Crippen LogP) is 2.08. The average Bonchev–Trinajstić information content (AvgIpc) is 2.17. The van der Waals surface area contributed by atoms with E-state index in [-0.39, 0.29) is 11.4 Å². The summed E-state index contributed by atoms with van der Waals surface area (Å²) in [7, 11) is 1.55. The third kappa shape index (κ3) is 2.79. The second-order valence-corrected chi connectivity index (χ2v) is 3.36. The first kappa shape index (κ1) is 11.7. The average molecular weight is 229 g/mol. The molecular weight excluding hydrogens is 220 g/mol. The van der Waals surface area contributed by atoms with Crippen molar-refractivity contribution >= 4 is 23.0 Å². The SMILES string of the molecule is CNC(=S)CC(=O)c1c(F)cccc1F. The molecule has 1 aromatic carbocycles. The molecule has 0 fully saturated rings. The Bertz CT molecular complexity index is 386. The molecule has 1 N–H and O–H groups in total. The highest BCUT2D eigenvalue weighted by Gasteiger charge is 2.17. The van der Waals surface area contributed by atoms with Crippen molar-refractivity contribution < 1.29 is 13.6 Å². The second-order valence-electron chi connectivity index (χ2n) is 2.87. The summed E-state index contributed by atoms with van der Waals surface area (Å²) in [5.74, 6) is -2.39. The van der Waals surface area contributed by atoms with E-state index >= 15 is 0 Å². The van der Waals surface area contributed by atoms with Crippen molar-refractivity contribution in [1.29, 1.82) is 0 Å². The van der Waals surface area contributed by atoms with Gasteiger partial charge in [-0.05, 0) is 12.1 Å². The van der Waals surface area contributed by atoms with E-state index in [4.69, 9.17) is 12.2 Å². The van der Waals surface area contributed by atoms with Crippen LogP contribution in [0.15, 0.2) is 18.2 Å². The maximum absolute atomic E-state index is 13.1. The topological polar surface area (TPSA) is 29.1 Å². The smallest absolute Gasteiger partial charge is 0.175 e. The minimum Gasteiger partial charge on any atom is -0.382 e. The van der Waals surface area contributed by atoms with Gasteiger partial charge in [-0.2, -0.15) is 0 Å². The van der Waals surface area contributed by atoms with Crippen molar-refractivity contribution in [2.45, 2.75) is 6.42 Å². The molecule has 0 heterocycles. The summed E-state index contributed by atoms with van der Waals surface area (Å²) in [5.41, 5.74) is -0.532. The van der Waals surface area contributed by atoms with Crippen LogP contribution in [0.1, 0.15) is 16.8 Å². The quantitative estimate of drug-likeness (QED) is 0.635. The minimum absolute atomic E-state index is 0.191. The second kappa shape index (κ2) is 4.93. The molecule has 0 radical (unpaired) electrons. The van der Waals surface area contributed by atoms with Gasteiger partial charge in [0.15, 0.2) is 5.78 Å². The molecule has 0 saturated carbocycles. The number of carbonyl (C=O) groups excluding carboxylic acids is 1. The van der Waals surface area contributed by atoms with E-state index < -0.39 is 23.0 Å². The highest BCUT2D eigenvalue weighted by Crippen LogP contribution is 2.14.